The van der Waals surface area contributed by atoms with E-state index < -0.39 is 0 Å². The molecule has 0 aromatic heterocycles. The van der Waals surface area contributed by atoms with Crippen LogP contribution in [0.25, 0.3) is 0 Å². The molecule has 2 unspecified atom stereocenters. The zero-order valence-corrected chi connectivity index (χ0v) is 13.0. The van der Waals surface area contributed by atoms with Crippen molar-refractivity contribution in [2.45, 2.75) is 32.7 Å². The minimum Gasteiger partial charge on any atom is -0.309 e. The average Bonchev–Trinajstić information content (AvgIpc) is 2.67. The molecule has 0 bridgehead atoms. The van der Waals surface area contributed by atoms with Gasteiger partial charge in [0.25, 0.3) is 0 Å². The maximum atomic E-state index is 3.81. The third-order valence-electron chi connectivity index (χ3n) is 4.56. The van der Waals surface area contributed by atoms with Crippen molar-refractivity contribution in [3.05, 3.63) is 71.3 Å². The number of nitrogens with one attached hydrogen (secondary N) is 1. The van der Waals surface area contributed by atoms with Gasteiger partial charge in [-0.15, -0.1) is 0 Å². The van der Waals surface area contributed by atoms with Crippen LogP contribution in [0.3, 0.4) is 0 Å². The zero-order chi connectivity index (χ0) is 14.7. The van der Waals surface area contributed by atoms with E-state index in [-0.39, 0.29) is 0 Å². The summed E-state index contributed by atoms with van der Waals surface area (Å²) in [5.41, 5.74) is 4.48. The number of hydrogen-bond donors (Lipinski definition) is 1. The highest BCUT2D eigenvalue weighted by Gasteiger charge is 2.24. The first-order chi connectivity index (χ1) is 10.2. The molecular weight excluding hydrogens is 254 g/mol. The van der Waals surface area contributed by atoms with Gasteiger partial charge in [-0.3, -0.25) is 0 Å². The van der Waals surface area contributed by atoms with Gasteiger partial charge in [-0.25, -0.2) is 0 Å². The van der Waals surface area contributed by atoms with Gasteiger partial charge in [0, 0.05) is 6.04 Å². The van der Waals surface area contributed by atoms with E-state index in [1.165, 1.54) is 23.1 Å². The molecule has 1 heteroatoms. The molecule has 0 saturated carbocycles. The molecule has 0 saturated heterocycles. The average molecular weight is 279 g/mol. The Morgan fingerprint density at radius 2 is 1.71 bits per heavy atom. The van der Waals surface area contributed by atoms with E-state index >= 15 is 0 Å². The lowest BCUT2D eigenvalue weighted by molar-refractivity contribution is 0.384. The standard InChI is InChI=1S/C20H25N/c1-15(2)20-19-11-7-6-10-18(19)13-17(14-21-20)12-16-8-4-3-5-9-16/h3-11,15,17,20-21H,12-14H2,1-2H3. The molecule has 2 aromatic carbocycles. The fraction of sp³-hybridized carbons (Fsp3) is 0.400. The van der Waals surface area contributed by atoms with Crippen LogP contribution < -0.4 is 5.32 Å². The molecule has 110 valence electrons. The van der Waals surface area contributed by atoms with Crippen molar-refractivity contribution >= 4 is 0 Å². The fourth-order valence-electron chi connectivity index (χ4n) is 3.50. The third kappa shape index (κ3) is 3.36. The maximum Gasteiger partial charge on any atom is 0.0346 e. The molecule has 3 rings (SSSR count). The molecule has 1 aliphatic rings. The van der Waals surface area contributed by atoms with Crippen molar-refractivity contribution in [1.82, 2.24) is 5.32 Å². The number of fused-ring (bicyclic) bond motifs is 1. The van der Waals surface area contributed by atoms with Gasteiger partial charge in [0.2, 0.25) is 0 Å². The summed E-state index contributed by atoms with van der Waals surface area (Å²) in [6.45, 7) is 5.73. The molecule has 0 aliphatic carbocycles. The minimum atomic E-state index is 0.488. The summed E-state index contributed by atoms with van der Waals surface area (Å²) in [6, 6.07) is 20.3. The molecule has 2 atom stereocenters. The minimum absolute atomic E-state index is 0.488. The SMILES string of the molecule is CC(C)C1NCC(Cc2ccccc2)Cc2ccccc21. The van der Waals surface area contributed by atoms with Crippen LogP contribution in [0.5, 0.6) is 0 Å². The summed E-state index contributed by atoms with van der Waals surface area (Å²) >= 11 is 0. The molecule has 0 amide bonds. The predicted molar refractivity (Wildman–Crippen MR) is 89.4 cm³/mol. The van der Waals surface area contributed by atoms with Gasteiger partial charge in [-0.05, 0) is 47.9 Å². The van der Waals surface area contributed by atoms with Crippen molar-refractivity contribution in [2.24, 2.45) is 11.8 Å². The molecule has 2 aromatic rings. The summed E-state index contributed by atoms with van der Waals surface area (Å²) in [7, 11) is 0. The summed E-state index contributed by atoms with van der Waals surface area (Å²) in [4.78, 5) is 0. The second-order valence-electron chi connectivity index (χ2n) is 6.59. The van der Waals surface area contributed by atoms with Crippen LogP contribution in [0.15, 0.2) is 54.6 Å². The maximum absolute atomic E-state index is 3.81. The van der Waals surface area contributed by atoms with E-state index in [0.717, 1.165) is 13.0 Å². The van der Waals surface area contributed by atoms with Gasteiger partial charge >= 0.3 is 0 Å². The van der Waals surface area contributed by atoms with E-state index in [4.69, 9.17) is 0 Å². The Morgan fingerprint density at radius 3 is 2.48 bits per heavy atom. The van der Waals surface area contributed by atoms with E-state index in [2.05, 4.69) is 73.8 Å². The van der Waals surface area contributed by atoms with Crippen molar-refractivity contribution in [2.75, 3.05) is 6.54 Å². The lowest BCUT2D eigenvalue weighted by Crippen LogP contribution is -2.29. The summed E-state index contributed by atoms with van der Waals surface area (Å²) < 4.78 is 0. The Balaban J connectivity index is 1.82. The Hall–Kier alpha value is -1.60. The molecule has 0 spiro atoms. The van der Waals surface area contributed by atoms with Gasteiger partial charge in [-0.2, -0.15) is 0 Å². The Kier molecular flexibility index (Phi) is 4.40. The first-order valence-electron chi connectivity index (χ1n) is 8.09. The summed E-state index contributed by atoms with van der Waals surface area (Å²) in [6.07, 6.45) is 2.34. The lowest BCUT2D eigenvalue weighted by Gasteiger charge is -2.23. The number of hydrogen-bond acceptors (Lipinski definition) is 1. The molecular formula is C20H25N. The van der Waals surface area contributed by atoms with Crippen LogP contribution in [-0.2, 0) is 12.8 Å². The quantitative estimate of drug-likeness (QED) is 0.878. The third-order valence-corrected chi connectivity index (χ3v) is 4.56. The first-order valence-corrected chi connectivity index (χ1v) is 8.09. The molecule has 0 fully saturated rings. The molecule has 1 aliphatic heterocycles. The molecule has 1 nitrogen and oxygen atoms in total. The highest BCUT2D eigenvalue weighted by molar-refractivity contribution is 5.32. The zero-order valence-electron chi connectivity index (χ0n) is 13.0. The van der Waals surface area contributed by atoms with Crippen molar-refractivity contribution in [3.63, 3.8) is 0 Å². The van der Waals surface area contributed by atoms with Crippen molar-refractivity contribution < 1.29 is 0 Å². The van der Waals surface area contributed by atoms with E-state index in [9.17, 15) is 0 Å². The van der Waals surface area contributed by atoms with Crippen LogP contribution in [0.1, 0.15) is 36.6 Å². The molecule has 0 radical (unpaired) electrons. The van der Waals surface area contributed by atoms with Crippen LogP contribution in [0.4, 0.5) is 0 Å². The van der Waals surface area contributed by atoms with Gasteiger partial charge in [0.15, 0.2) is 0 Å². The topological polar surface area (TPSA) is 12.0 Å². The molecule has 1 heterocycles. The second kappa shape index (κ2) is 6.44. The largest absolute Gasteiger partial charge is 0.309 e. The van der Waals surface area contributed by atoms with E-state index in [1.54, 1.807) is 0 Å². The predicted octanol–water partition coefficient (Wildman–Crippen LogP) is 4.39. The number of rotatable bonds is 3. The van der Waals surface area contributed by atoms with Crippen LogP contribution >= 0.6 is 0 Å². The van der Waals surface area contributed by atoms with Crippen molar-refractivity contribution in [3.8, 4) is 0 Å². The second-order valence-corrected chi connectivity index (χ2v) is 6.59. The Bertz CT molecular complexity index is 573. The fourth-order valence-corrected chi connectivity index (χ4v) is 3.50. The van der Waals surface area contributed by atoms with E-state index in [1.807, 2.05) is 0 Å². The summed E-state index contributed by atoms with van der Waals surface area (Å²) in [5.74, 6) is 1.30. The van der Waals surface area contributed by atoms with Gasteiger partial charge in [-0.1, -0.05) is 68.4 Å². The van der Waals surface area contributed by atoms with Crippen LogP contribution in [-0.4, -0.2) is 6.54 Å². The normalized spacial score (nSPS) is 21.9. The first kappa shape index (κ1) is 14.3. The van der Waals surface area contributed by atoms with Crippen LogP contribution in [0.2, 0.25) is 0 Å². The highest BCUT2D eigenvalue weighted by atomic mass is 14.9. The van der Waals surface area contributed by atoms with Crippen molar-refractivity contribution in [1.29, 1.82) is 0 Å². The van der Waals surface area contributed by atoms with Gasteiger partial charge < -0.3 is 5.32 Å². The lowest BCUT2D eigenvalue weighted by atomic mass is 9.89. The molecule has 1 N–H and O–H groups in total. The Labute approximate surface area is 128 Å². The smallest absolute Gasteiger partial charge is 0.0346 e. The summed E-state index contributed by atoms with van der Waals surface area (Å²) in [5, 5.41) is 3.81. The van der Waals surface area contributed by atoms with E-state index in [0.29, 0.717) is 17.9 Å². The molecule has 21 heavy (non-hydrogen) atoms. The highest BCUT2D eigenvalue weighted by Crippen LogP contribution is 2.30. The van der Waals surface area contributed by atoms with Crippen LogP contribution in [0, 0.1) is 11.8 Å². The Morgan fingerprint density at radius 1 is 1.00 bits per heavy atom. The number of benzene rings is 2. The monoisotopic (exact) mass is 279 g/mol. The van der Waals surface area contributed by atoms with Gasteiger partial charge in [0.05, 0.1) is 0 Å². The van der Waals surface area contributed by atoms with Gasteiger partial charge in [0.1, 0.15) is 0 Å².